The minimum absolute atomic E-state index is 0.518. The van der Waals surface area contributed by atoms with Gasteiger partial charge in [-0.3, -0.25) is 9.69 Å². The molecule has 1 atom stereocenters. The smallest absolute Gasteiger partial charge is 0.320 e. The van der Waals surface area contributed by atoms with Gasteiger partial charge in [0.05, 0.1) is 0 Å². The molecule has 3 nitrogen and oxygen atoms in total. The Morgan fingerprint density at radius 3 is 1.70 bits per heavy atom. The molecule has 0 aromatic heterocycles. The van der Waals surface area contributed by atoms with Crippen molar-refractivity contribution in [2.24, 2.45) is 0 Å². The molecule has 20 heavy (non-hydrogen) atoms. The number of carboxylic acid groups (broad SMARTS) is 1. The number of nitrogens with zero attached hydrogens (tertiary/aromatic N) is 1. The van der Waals surface area contributed by atoms with Crippen LogP contribution in [0.2, 0.25) is 0 Å². The summed E-state index contributed by atoms with van der Waals surface area (Å²) in [5, 5.41) is 9.27. The molecule has 0 aliphatic heterocycles. The van der Waals surface area contributed by atoms with E-state index in [1.54, 1.807) is 6.92 Å². The van der Waals surface area contributed by atoms with E-state index in [9.17, 15) is 9.90 Å². The third-order valence-electron chi connectivity index (χ3n) is 3.36. The zero-order chi connectivity index (χ0) is 14.4. The topological polar surface area (TPSA) is 40.5 Å². The first kappa shape index (κ1) is 14.3. The van der Waals surface area contributed by atoms with E-state index in [1.807, 2.05) is 65.6 Å². The molecule has 0 radical (unpaired) electrons. The molecule has 0 heterocycles. The van der Waals surface area contributed by atoms with Crippen molar-refractivity contribution in [1.82, 2.24) is 4.90 Å². The largest absolute Gasteiger partial charge is 0.480 e. The Labute approximate surface area is 119 Å². The quantitative estimate of drug-likeness (QED) is 0.875. The number of carboxylic acids is 1. The molecule has 0 unspecified atom stereocenters. The second kappa shape index (κ2) is 6.87. The van der Waals surface area contributed by atoms with Crippen molar-refractivity contribution in [1.29, 1.82) is 0 Å². The summed E-state index contributed by atoms with van der Waals surface area (Å²) in [6, 6.07) is 19.4. The average molecular weight is 269 g/mol. The molecule has 0 spiro atoms. The van der Waals surface area contributed by atoms with Crippen LogP contribution in [-0.2, 0) is 17.9 Å². The van der Waals surface area contributed by atoms with E-state index in [2.05, 4.69) is 0 Å². The van der Waals surface area contributed by atoms with Crippen LogP contribution in [-0.4, -0.2) is 22.0 Å². The fourth-order valence-electron chi connectivity index (χ4n) is 2.12. The van der Waals surface area contributed by atoms with Crippen LogP contribution in [0.3, 0.4) is 0 Å². The fraction of sp³-hybridized carbons (Fsp3) is 0.235. The van der Waals surface area contributed by atoms with Gasteiger partial charge in [-0.2, -0.15) is 0 Å². The number of hydrogen-bond acceptors (Lipinski definition) is 2. The van der Waals surface area contributed by atoms with Gasteiger partial charge in [0.1, 0.15) is 6.04 Å². The fourth-order valence-corrected chi connectivity index (χ4v) is 2.12. The Hall–Kier alpha value is -2.13. The molecule has 2 aromatic carbocycles. The standard InChI is InChI=1S/C17H19NO2/c1-14(17(19)20)18(12-15-8-4-2-5-9-15)13-16-10-6-3-7-11-16/h2-11,14H,12-13H2,1H3,(H,19,20)/t14-/m0/s1. The van der Waals surface area contributed by atoms with Crippen molar-refractivity contribution in [3.8, 4) is 0 Å². The lowest BCUT2D eigenvalue weighted by atomic mass is 10.1. The molecule has 0 aliphatic carbocycles. The van der Waals surface area contributed by atoms with E-state index in [1.165, 1.54) is 0 Å². The summed E-state index contributed by atoms with van der Waals surface area (Å²) in [5.41, 5.74) is 2.24. The summed E-state index contributed by atoms with van der Waals surface area (Å²) in [6.07, 6.45) is 0. The highest BCUT2D eigenvalue weighted by atomic mass is 16.4. The first-order valence-corrected chi connectivity index (χ1v) is 6.71. The average Bonchev–Trinajstić information content (AvgIpc) is 2.48. The van der Waals surface area contributed by atoms with Crippen LogP contribution in [0.1, 0.15) is 18.1 Å². The van der Waals surface area contributed by atoms with Gasteiger partial charge in [0, 0.05) is 13.1 Å². The molecule has 3 heteroatoms. The number of aliphatic carboxylic acids is 1. The minimum atomic E-state index is -0.795. The number of rotatable bonds is 6. The van der Waals surface area contributed by atoms with Crippen LogP contribution in [0, 0.1) is 0 Å². The van der Waals surface area contributed by atoms with Gasteiger partial charge in [0.2, 0.25) is 0 Å². The Kier molecular flexibility index (Phi) is 4.91. The zero-order valence-electron chi connectivity index (χ0n) is 11.6. The third kappa shape index (κ3) is 3.93. The summed E-state index contributed by atoms with van der Waals surface area (Å²) >= 11 is 0. The summed E-state index contributed by atoms with van der Waals surface area (Å²) < 4.78 is 0. The maximum Gasteiger partial charge on any atom is 0.320 e. The summed E-state index contributed by atoms with van der Waals surface area (Å²) in [7, 11) is 0. The Morgan fingerprint density at radius 2 is 1.35 bits per heavy atom. The second-order valence-electron chi connectivity index (χ2n) is 4.89. The molecule has 0 aliphatic rings. The third-order valence-corrected chi connectivity index (χ3v) is 3.36. The van der Waals surface area contributed by atoms with Crippen molar-refractivity contribution in [2.75, 3.05) is 0 Å². The molecule has 0 saturated carbocycles. The van der Waals surface area contributed by atoms with Gasteiger partial charge in [0.15, 0.2) is 0 Å². The summed E-state index contributed by atoms with van der Waals surface area (Å²) in [6.45, 7) is 2.99. The van der Waals surface area contributed by atoms with Crippen LogP contribution in [0.15, 0.2) is 60.7 Å². The Balaban J connectivity index is 2.14. The van der Waals surface area contributed by atoms with Crippen LogP contribution in [0.5, 0.6) is 0 Å². The van der Waals surface area contributed by atoms with Crippen LogP contribution in [0.4, 0.5) is 0 Å². The molecular formula is C17H19NO2. The van der Waals surface area contributed by atoms with Gasteiger partial charge in [-0.15, -0.1) is 0 Å². The highest BCUT2D eigenvalue weighted by molar-refractivity contribution is 5.72. The van der Waals surface area contributed by atoms with Gasteiger partial charge in [0.25, 0.3) is 0 Å². The van der Waals surface area contributed by atoms with Crippen LogP contribution in [0.25, 0.3) is 0 Å². The van der Waals surface area contributed by atoms with Gasteiger partial charge in [-0.1, -0.05) is 60.7 Å². The lowest BCUT2D eigenvalue weighted by Crippen LogP contribution is -2.37. The maximum absolute atomic E-state index is 11.3. The second-order valence-corrected chi connectivity index (χ2v) is 4.89. The van der Waals surface area contributed by atoms with Gasteiger partial charge < -0.3 is 5.11 Å². The van der Waals surface area contributed by atoms with E-state index in [-0.39, 0.29) is 0 Å². The minimum Gasteiger partial charge on any atom is -0.480 e. The van der Waals surface area contributed by atoms with Crippen LogP contribution >= 0.6 is 0 Å². The van der Waals surface area contributed by atoms with E-state index in [0.29, 0.717) is 13.1 Å². The van der Waals surface area contributed by atoms with Crippen molar-refractivity contribution in [3.05, 3.63) is 71.8 Å². The van der Waals surface area contributed by atoms with E-state index >= 15 is 0 Å². The van der Waals surface area contributed by atoms with Crippen molar-refractivity contribution >= 4 is 5.97 Å². The van der Waals surface area contributed by atoms with Gasteiger partial charge in [-0.25, -0.2) is 0 Å². The van der Waals surface area contributed by atoms with Crippen molar-refractivity contribution in [3.63, 3.8) is 0 Å². The SMILES string of the molecule is C[C@@H](C(=O)O)N(Cc1ccccc1)Cc1ccccc1. The Morgan fingerprint density at radius 1 is 0.950 bits per heavy atom. The zero-order valence-corrected chi connectivity index (χ0v) is 11.6. The van der Waals surface area contributed by atoms with E-state index in [4.69, 9.17) is 0 Å². The number of hydrogen-bond donors (Lipinski definition) is 1. The highest BCUT2D eigenvalue weighted by Crippen LogP contribution is 2.13. The number of benzene rings is 2. The first-order valence-electron chi connectivity index (χ1n) is 6.71. The molecule has 104 valence electrons. The highest BCUT2D eigenvalue weighted by Gasteiger charge is 2.20. The van der Waals surface area contributed by atoms with Gasteiger partial charge >= 0.3 is 5.97 Å². The normalized spacial score (nSPS) is 12.3. The lowest BCUT2D eigenvalue weighted by Gasteiger charge is -2.26. The molecule has 0 amide bonds. The first-order chi connectivity index (χ1) is 9.66. The van der Waals surface area contributed by atoms with Crippen LogP contribution < -0.4 is 0 Å². The summed E-state index contributed by atoms with van der Waals surface area (Å²) in [4.78, 5) is 13.2. The summed E-state index contributed by atoms with van der Waals surface area (Å²) in [5.74, 6) is -0.795. The molecule has 2 aromatic rings. The maximum atomic E-state index is 11.3. The van der Waals surface area contributed by atoms with Crippen molar-refractivity contribution in [2.45, 2.75) is 26.1 Å². The Bertz CT molecular complexity index is 498. The molecular weight excluding hydrogens is 250 g/mol. The van der Waals surface area contributed by atoms with Gasteiger partial charge in [-0.05, 0) is 18.1 Å². The lowest BCUT2D eigenvalue weighted by molar-refractivity contribution is -0.143. The predicted octanol–water partition coefficient (Wildman–Crippen LogP) is 3.16. The molecule has 1 N–H and O–H groups in total. The number of carbonyl (C=O) groups is 1. The monoisotopic (exact) mass is 269 g/mol. The predicted molar refractivity (Wildman–Crippen MR) is 79.2 cm³/mol. The molecule has 0 saturated heterocycles. The molecule has 0 bridgehead atoms. The molecule has 2 rings (SSSR count). The molecule has 0 fully saturated rings. The van der Waals surface area contributed by atoms with E-state index < -0.39 is 12.0 Å². The van der Waals surface area contributed by atoms with Crippen molar-refractivity contribution < 1.29 is 9.90 Å². The van der Waals surface area contributed by atoms with E-state index in [0.717, 1.165) is 11.1 Å².